The molecule has 0 bridgehead atoms. The first kappa shape index (κ1) is 21.0. The van der Waals surface area contributed by atoms with Gasteiger partial charge in [-0.1, -0.05) is 130 Å². The second-order valence-corrected chi connectivity index (χ2v) is 6.80. The molecule has 0 fully saturated rings. The van der Waals surface area contributed by atoms with Gasteiger partial charge >= 0.3 is 0 Å². The van der Waals surface area contributed by atoms with Crippen LogP contribution in [0, 0.1) is 19.8 Å². The summed E-state index contributed by atoms with van der Waals surface area (Å²) in [5, 5.41) is 0. The fraction of sp³-hybridized carbons (Fsp3) is 0.905. The SMILES string of the molecule is [CH2]CCCCCCCCC(CC)CCCCCCCC[CH2]. The van der Waals surface area contributed by atoms with Crippen molar-refractivity contribution < 1.29 is 0 Å². The van der Waals surface area contributed by atoms with Gasteiger partial charge in [0.15, 0.2) is 0 Å². The molecule has 0 N–H and O–H groups in total. The van der Waals surface area contributed by atoms with Crippen LogP contribution in [0.4, 0.5) is 0 Å². The topological polar surface area (TPSA) is 0 Å². The second-order valence-electron chi connectivity index (χ2n) is 6.80. The fourth-order valence-electron chi connectivity index (χ4n) is 3.19. The Labute approximate surface area is 136 Å². The monoisotopic (exact) mass is 294 g/mol. The highest BCUT2D eigenvalue weighted by Gasteiger charge is 2.05. The van der Waals surface area contributed by atoms with E-state index in [4.69, 9.17) is 0 Å². The highest BCUT2D eigenvalue weighted by molar-refractivity contribution is 4.59. The van der Waals surface area contributed by atoms with Crippen LogP contribution in [0.15, 0.2) is 0 Å². The van der Waals surface area contributed by atoms with E-state index in [1.54, 1.807) is 0 Å². The lowest BCUT2D eigenvalue weighted by molar-refractivity contribution is 0.392. The normalized spacial score (nSPS) is 11.4. The van der Waals surface area contributed by atoms with E-state index in [0.717, 1.165) is 18.8 Å². The molecule has 0 nitrogen and oxygen atoms in total. The quantitative estimate of drug-likeness (QED) is 0.239. The van der Waals surface area contributed by atoms with Crippen LogP contribution in [-0.2, 0) is 0 Å². The number of unbranched alkanes of at least 4 members (excludes halogenated alkanes) is 12. The summed E-state index contributed by atoms with van der Waals surface area (Å²) in [7, 11) is 0. The molecule has 2 radical (unpaired) electrons. The molecule has 0 aromatic rings. The Balaban J connectivity index is 3.29. The molecule has 0 aromatic carbocycles. The Morgan fingerprint density at radius 2 is 0.857 bits per heavy atom. The van der Waals surface area contributed by atoms with Crippen LogP contribution in [0.2, 0.25) is 0 Å². The van der Waals surface area contributed by atoms with Crippen molar-refractivity contribution in [2.75, 3.05) is 0 Å². The van der Waals surface area contributed by atoms with Gasteiger partial charge in [0.25, 0.3) is 0 Å². The molecular formula is C21H42. The maximum Gasteiger partial charge on any atom is -0.0417 e. The molecule has 0 spiro atoms. The highest BCUT2D eigenvalue weighted by Crippen LogP contribution is 2.21. The van der Waals surface area contributed by atoms with Gasteiger partial charge in [0.2, 0.25) is 0 Å². The lowest BCUT2D eigenvalue weighted by atomic mass is 9.92. The van der Waals surface area contributed by atoms with Gasteiger partial charge in [0.1, 0.15) is 0 Å². The maximum atomic E-state index is 3.91. The van der Waals surface area contributed by atoms with Crippen LogP contribution in [0.25, 0.3) is 0 Å². The molecule has 0 aliphatic carbocycles. The zero-order chi connectivity index (χ0) is 15.6. The number of hydrogen-bond donors (Lipinski definition) is 0. The molecule has 0 aliphatic heterocycles. The Hall–Kier alpha value is 0. The van der Waals surface area contributed by atoms with Gasteiger partial charge in [-0.25, -0.2) is 0 Å². The van der Waals surface area contributed by atoms with E-state index in [0.29, 0.717) is 0 Å². The molecule has 0 saturated heterocycles. The summed E-state index contributed by atoms with van der Waals surface area (Å²) in [6.07, 6.45) is 23.6. The van der Waals surface area contributed by atoms with Gasteiger partial charge in [-0.2, -0.15) is 0 Å². The van der Waals surface area contributed by atoms with Crippen molar-refractivity contribution in [3.63, 3.8) is 0 Å². The third-order valence-electron chi connectivity index (χ3n) is 4.80. The average Bonchev–Trinajstić information content (AvgIpc) is 2.51. The summed E-state index contributed by atoms with van der Waals surface area (Å²) in [6.45, 7) is 10.2. The van der Waals surface area contributed by atoms with Crippen molar-refractivity contribution in [2.24, 2.45) is 5.92 Å². The standard InChI is InChI=1S/C21H42/c1-4-7-9-11-13-15-17-19-21(6-3)20-18-16-14-12-10-8-5-2/h21H,1-2,4-20H2,3H3. The minimum atomic E-state index is 1.00. The van der Waals surface area contributed by atoms with Crippen molar-refractivity contribution in [1.29, 1.82) is 0 Å². The number of rotatable bonds is 17. The molecule has 0 atom stereocenters. The van der Waals surface area contributed by atoms with Gasteiger partial charge in [0.05, 0.1) is 0 Å². The van der Waals surface area contributed by atoms with E-state index in [1.807, 2.05) is 0 Å². The minimum Gasteiger partial charge on any atom is -0.0651 e. The summed E-state index contributed by atoms with van der Waals surface area (Å²) >= 11 is 0. The van der Waals surface area contributed by atoms with Gasteiger partial charge in [0, 0.05) is 0 Å². The van der Waals surface area contributed by atoms with E-state index in [2.05, 4.69) is 20.8 Å². The molecule has 0 unspecified atom stereocenters. The Kier molecular flexibility index (Phi) is 18.1. The molecule has 0 saturated carbocycles. The minimum absolute atomic E-state index is 1.00. The smallest absolute Gasteiger partial charge is 0.0417 e. The van der Waals surface area contributed by atoms with Crippen LogP contribution in [0.1, 0.15) is 116 Å². The number of hydrogen-bond acceptors (Lipinski definition) is 0. The first-order valence-electron chi connectivity index (χ1n) is 9.93. The molecule has 126 valence electrons. The lowest BCUT2D eigenvalue weighted by Gasteiger charge is -2.14. The molecule has 0 heteroatoms. The first-order chi connectivity index (χ1) is 10.3. The molecule has 0 heterocycles. The molecule has 0 aliphatic rings. The Morgan fingerprint density at radius 1 is 0.524 bits per heavy atom. The van der Waals surface area contributed by atoms with E-state index >= 15 is 0 Å². The van der Waals surface area contributed by atoms with Gasteiger partial charge in [-0.05, 0) is 5.92 Å². The summed E-state index contributed by atoms with van der Waals surface area (Å²) in [5.41, 5.74) is 0. The van der Waals surface area contributed by atoms with Crippen molar-refractivity contribution in [3.05, 3.63) is 13.8 Å². The van der Waals surface area contributed by atoms with Crippen LogP contribution in [0.5, 0.6) is 0 Å². The lowest BCUT2D eigenvalue weighted by Crippen LogP contribution is -1.99. The van der Waals surface area contributed by atoms with Crippen LogP contribution in [0.3, 0.4) is 0 Å². The van der Waals surface area contributed by atoms with Crippen LogP contribution in [-0.4, -0.2) is 0 Å². The molecule has 0 rings (SSSR count). The van der Waals surface area contributed by atoms with E-state index in [1.165, 1.54) is 96.3 Å². The van der Waals surface area contributed by atoms with Crippen molar-refractivity contribution >= 4 is 0 Å². The highest BCUT2D eigenvalue weighted by atomic mass is 14.1. The van der Waals surface area contributed by atoms with Crippen LogP contribution < -0.4 is 0 Å². The summed E-state index contributed by atoms with van der Waals surface area (Å²) in [6, 6.07) is 0. The predicted molar refractivity (Wildman–Crippen MR) is 98.4 cm³/mol. The van der Waals surface area contributed by atoms with Crippen molar-refractivity contribution in [2.45, 2.75) is 116 Å². The molecular weight excluding hydrogens is 252 g/mol. The van der Waals surface area contributed by atoms with E-state index < -0.39 is 0 Å². The third-order valence-corrected chi connectivity index (χ3v) is 4.80. The summed E-state index contributed by atoms with van der Waals surface area (Å²) in [4.78, 5) is 0. The maximum absolute atomic E-state index is 3.91. The van der Waals surface area contributed by atoms with Crippen molar-refractivity contribution in [1.82, 2.24) is 0 Å². The molecule has 0 aromatic heterocycles. The third kappa shape index (κ3) is 16.2. The fourth-order valence-corrected chi connectivity index (χ4v) is 3.19. The Bertz CT molecular complexity index is 155. The predicted octanol–water partition coefficient (Wildman–Crippen LogP) is 7.92. The van der Waals surface area contributed by atoms with E-state index in [9.17, 15) is 0 Å². The second kappa shape index (κ2) is 18.1. The first-order valence-corrected chi connectivity index (χ1v) is 9.93. The zero-order valence-corrected chi connectivity index (χ0v) is 15.0. The molecule has 21 heavy (non-hydrogen) atoms. The summed E-state index contributed by atoms with van der Waals surface area (Å²) < 4.78 is 0. The largest absolute Gasteiger partial charge is 0.0651 e. The van der Waals surface area contributed by atoms with Crippen LogP contribution >= 0.6 is 0 Å². The average molecular weight is 295 g/mol. The zero-order valence-electron chi connectivity index (χ0n) is 15.0. The van der Waals surface area contributed by atoms with Gasteiger partial charge in [-0.15, -0.1) is 0 Å². The Morgan fingerprint density at radius 3 is 1.19 bits per heavy atom. The van der Waals surface area contributed by atoms with E-state index in [-0.39, 0.29) is 0 Å². The van der Waals surface area contributed by atoms with Gasteiger partial charge < -0.3 is 0 Å². The summed E-state index contributed by atoms with van der Waals surface area (Å²) in [5.74, 6) is 1.00. The molecule has 0 amide bonds. The van der Waals surface area contributed by atoms with Gasteiger partial charge in [-0.3, -0.25) is 0 Å². The van der Waals surface area contributed by atoms with Crippen molar-refractivity contribution in [3.8, 4) is 0 Å².